The van der Waals surface area contributed by atoms with Crippen molar-refractivity contribution in [3.8, 4) is 0 Å². The molecule has 164 valence electrons. The van der Waals surface area contributed by atoms with E-state index in [1.165, 1.54) is 0 Å². The number of hydrogen-bond donors (Lipinski definition) is 4. The molecule has 0 radical (unpaired) electrons. The third kappa shape index (κ3) is 6.69. The fourth-order valence-corrected chi connectivity index (χ4v) is 4.18. The van der Waals surface area contributed by atoms with E-state index in [1.54, 1.807) is 0 Å². The van der Waals surface area contributed by atoms with Crippen molar-refractivity contribution >= 4 is 38.6 Å². The maximum atomic E-state index is 11.4. The molecule has 1 fully saturated rings. The van der Waals surface area contributed by atoms with Gasteiger partial charge in [0.2, 0.25) is 5.95 Å². The van der Waals surface area contributed by atoms with Crippen LogP contribution in [0.5, 0.6) is 0 Å². The van der Waals surface area contributed by atoms with Crippen molar-refractivity contribution in [1.82, 2.24) is 19.5 Å². The minimum atomic E-state index is -5.66. The molecule has 2 aromatic rings. The third-order valence-electron chi connectivity index (χ3n) is 3.81. The number of phosphoric acid groups is 2. The van der Waals surface area contributed by atoms with Crippen LogP contribution in [0, 0.1) is 0 Å². The Morgan fingerprint density at radius 3 is 2.56 bits per heavy atom. The molecule has 0 aliphatic carbocycles. The van der Waals surface area contributed by atoms with Crippen LogP contribution in [0.15, 0.2) is 11.4 Å². The van der Waals surface area contributed by atoms with Gasteiger partial charge in [-0.25, -0.2) is 19.3 Å². The van der Waals surface area contributed by atoms with Crippen LogP contribution in [0.1, 0.15) is 6.23 Å². The Bertz CT molecular complexity index is 1110. The Morgan fingerprint density at radius 1 is 1.31 bits per heavy atom. The number of nitrogen functional groups attached to an aromatic ring is 1. The number of imidazole rings is 1. The molecular weight excluding hydrogens is 500 g/mol. The molecule has 0 saturated carbocycles. The van der Waals surface area contributed by atoms with E-state index in [4.69, 9.17) is 20.9 Å². The van der Waals surface area contributed by atoms with E-state index < -0.39 is 46.8 Å². The van der Waals surface area contributed by atoms with Gasteiger partial charge in [-0.1, -0.05) is 0 Å². The van der Waals surface area contributed by atoms with E-state index in [9.17, 15) is 29.1 Å². The summed E-state index contributed by atoms with van der Waals surface area (Å²) in [5.74, 6) is -0.445. The summed E-state index contributed by atoms with van der Waals surface area (Å²) in [6.45, 7) is -1.00. The fourth-order valence-electron chi connectivity index (χ4n) is 2.65. The van der Waals surface area contributed by atoms with Crippen LogP contribution in [0.4, 0.5) is 11.8 Å². The molecule has 0 aromatic carbocycles. The zero-order valence-electron chi connectivity index (χ0n) is 16.4. The summed E-state index contributed by atoms with van der Waals surface area (Å²) in [5, 5.41) is 23.8. The van der Waals surface area contributed by atoms with Crippen LogP contribution in [-0.4, -0.2) is 59.5 Å². The molecular formula is C10H12N8Na2O10P2. The number of hydrogen-bond acceptors (Lipinski definition) is 14. The average molecular weight is 512 g/mol. The van der Waals surface area contributed by atoms with Crippen LogP contribution < -0.4 is 74.6 Å². The molecule has 3 rings (SSSR count). The average Bonchev–Trinajstić information content (AvgIpc) is 3.11. The first-order chi connectivity index (χ1) is 13.9. The van der Waals surface area contributed by atoms with Crippen molar-refractivity contribution in [3.63, 3.8) is 0 Å². The molecule has 1 aliphatic rings. The Labute approximate surface area is 222 Å². The topological polar surface area (TPSA) is 287 Å². The molecule has 0 amide bonds. The number of azide groups is 1. The first-order valence-electron chi connectivity index (χ1n) is 7.69. The number of phosphoric ester groups is 1. The Kier molecular flexibility index (Phi) is 10.7. The number of aliphatic hydroxyl groups excluding tert-OH is 2. The van der Waals surface area contributed by atoms with Gasteiger partial charge >= 0.3 is 59.1 Å². The number of ether oxygens (including phenoxy) is 1. The van der Waals surface area contributed by atoms with Gasteiger partial charge in [0.1, 0.15) is 24.6 Å². The second-order valence-corrected chi connectivity index (χ2v) is 8.48. The first kappa shape index (κ1) is 29.8. The van der Waals surface area contributed by atoms with Crippen LogP contribution in [-0.2, 0) is 22.7 Å². The fraction of sp³-hybridized carbons (Fsp3) is 0.500. The summed E-state index contributed by atoms with van der Waals surface area (Å²) >= 11 is 0. The van der Waals surface area contributed by atoms with Gasteiger partial charge in [-0.05, 0) is 10.6 Å². The predicted octanol–water partition coefficient (Wildman–Crippen LogP) is -8.06. The van der Waals surface area contributed by atoms with Crippen LogP contribution in [0.3, 0.4) is 0 Å². The molecule has 18 nitrogen and oxygen atoms in total. The normalized spacial score (nSPS) is 26.3. The van der Waals surface area contributed by atoms with Crippen molar-refractivity contribution in [2.45, 2.75) is 24.5 Å². The molecule has 22 heteroatoms. The summed E-state index contributed by atoms with van der Waals surface area (Å²) in [6, 6.07) is 0. The Hall–Kier alpha value is -0.200. The molecule has 2 aromatic heterocycles. The van der Waals surface area contributed by atoms with E-state index >= 15 is 0 Å². The Morgan fingerprint density at radius 2 is 1.97 bits per heavy atom. The third-order valence-corrected chi connectivity index (χ3v) is 5.90. The van der Waals surface area contributed by atoms with Gasteiger partial charge in [0.15, 0.2) is 23.2 Å². The molecule has 5 N–H and O–H groups in total. The van der Waals surface area contributed by atoms with Crippen LogP contribution in [0.2, 0.25) is 0 Å². The van der Waals surface area contributed by atoms with E-state index in [0.29, 0.717) is 0 Å². The van der Waals surface area contributed by atoms with Crippen molar-refractivity contribution in [2.24, 2.45) is 5.11 Å². The minimum absolute atomic E-state index is 0. The SMILES string of the molecule is [N-]=[N+]=Nc1nc2c(N)ncnc2n1[C@@H]1O[C@H](COP(=O)([O-])OP(=O)([O-])O)[C@@H](O)[C@H]1O.[Na+].[Na+]. The molecule has 1 saturated heterocycles. The number of nitrogens with two attached hydrogens (primary N) is 1. The zero-order valence-corrected chi connectivity index (χ0v) is 22.2. The van der Waals surface area contributed by atoms with Gasteiger partial charge < -0.3 is 39.9 Å². The van der Waals surface area contributed by atoms with Crippen LogP contribution >= 0.6 is 15.6 Å². The standard InChI is InChI=1S/C10H14N8O10P2.2Na/c11-7-4-8(14-2-13-7)18(10(15-4)16-17-12)9-6(20)5(19)3(27-9)1-26-30(24,25)28-29(21,22)23;;/h2-3,5-6,9,19-20H,1H2,(H,24,25)(H2,11,13,14)(H2,21,22,23);;/q;2*+1/p-2/t3-,5-,6-,9-;;/m1../s1. The number of anilines is 1. The first-order valence-corrected chi connectivity index (χ1v) is 10.6. The Balaban J connectivity index is 0.00000256. The number of fused-ring (bicyclic) bond motifs is 1. The quantitative estimate of drug-likeness (QED) is 0.0881. The largest absolute Gasteiger partial charge is 1.00 e. The molecule has 0 spiro atoms. The van der Waals surface area contributed by atoms with Gasteiger partial charge in [0, 0.05) is 4.91 Å². The van der Waals surface area contributed by atoms with E-state index in [-0.39, 0.29) is 82.0 Å². The summed E-state index contributed by atoms with van der Waals surface area (Å²) in [6.07, 6.45) is -5.45. The molecule has 0 bridgehead atoms. The number of aromatic nitrogens is 4. The summed E-state index contributed by atoms with van der Waals surface area (Å²) in [5.41, 5.74) is 14.4. The molecule has 3 heterocycles. The smallest absolute Gasteiger partial charge is 0.756 e. The van der Waals surface area contributed by atoms with E-state index in [2.05, 4.69) is 33.8 Å². The predicted molar refractivity (Wildman–Crippen MR) is 88.9 cm³/mol. The van der Waals surface area contributed by atoms with E-state index in [1.807, 2.05) is 0 Å². The molecule has 6 atom stereocenters. The van der Waals surface area contributed by atoms with Gasteiger partial charge in [0.25, 0.3) is 15.6 Å². The van der Waals surface area contributed by atoms with Gasteiger partial charge in [-0.3, -0.25) is 13.7 Å². The second kappa shape index (κ2) is 11.5. The number of nitrogens with zero attached hydrogens (tertiary/aromatic N) is 7. The van der Waals surface area contributed by atoms with Gasteiger partial charge in [0.05, 0.1) is 6.61 Å². The molecule has 1 aliphatic heterocycles. The number of rotatable bonds is 7. The molecule has 2 unspecified atom stereocenters. The minimum Gasteiger partial charge on any atom is -0.756 e. The summed E-state index contributed by atoms with van der Waals surface area (Å²) < 4.78 is 36.0. The van der Waals surface area contributed by atoms with Gasteiger partial charge in [-0.15, -0.1) is 0 Å². The van der Waals surface area contributed by atoms with Crippen molar-refractivity contribution < 1.29 is 107 Å². The van der Waals surface area contributed by atoms with E-state index in [0.717, 1.165) is 10.9 Å². The zero-order chi connectivity index (χ0) is 22.3. The van der Waals surface area contributed by atoms with Crippen LogP contribution in [0.25, 0.3) is 21.6 Å². The monoisotopic (exact) mass is 512 g/mol. The van der Waals surface area contributed by atoms with Gasteiger partial charge in [-0.2, -0.15) is 0 Å². The van der Waals surface area contributed by atoms with Crippen molar-refractivity contribution in [2.75, 3.05) is 12.3 Å². The van der Waals surface area contributed by atoms with Crippen molar-refractivity contribution in [3.05, 3.63) is 16.8 Å². The maximum absolute atomic E-state index is 11.4. The number of aliphatic hydroxyl groups is 2. The maximum Gasteiger partial charge on any atom is 1.00 e. The second-order valence-electron chi connectivity index (χ2n) is 5.74. The summed E-state index contributed by atoms with van der Waals surface area (Å²) in [4.78, 5) is 44.5. The van der Waals surface area contributed by atoms with Crippen molar-refractivity contribution in [1.29, 1.82) is 0 Å². The molecule has 32 heavy (non-hydrogen) atoms. The summed E-state index contributed by atoms with van der Waals surface area (Å²) in [7, 11) is -11.2.